The number of aryl methyl sites for hydroxylation is 2. The van der Waals surface area contributed by atoms with Gasteiger partial charge in [-0.3, -0.25) is 9.59 Å². The molecule has 0 saturated carbocycles. The smallest absolute Gasteiger partial charge is 0.260 e. The Morgan fingerprint density at radius 1 is 0.318 bits per heavy atom. The Labute approximate surface area is 536 Å². The average molecular weight is 1250 g/mol. The van der Waals surface area contributed by atoms with Gasteiger partial charge in [0.2, 0.25) is 0 Å². The highest BCUT2D eigenvalue weighted by Crippen LogP contribution is 2.44. The number of amides is 2. The Kier molecular flexibility index (Phi) is 29.7. The van der Waals surface area contributed by atoms with Crippen LogP contribution < -0.4 is 20.2 Å². The van der Waals surface area contributed by atoms with Crippen LogP contribution >= 0.6 is 56.7 Å². The molecule has 2 amide bonds. The van der Waals surface area contributed by atoms with Crippen molar-refractivity contribution in [3.8, 4) is 9.75 Å². The molecular weight excluding hydrogens is 1130 g/mol. The van der Waals surface area contributed by atoms with Gasteiger partial charge < -0.3 is 9.80 Å². The minimum Gasteiger partial charge on any atom is -0.307 e. The maximum atomic E-state index is 15.9. The molecule has 0 bridgehead atoms. The highest BCUT2D eigenvalue weighted by Gasteiger charge is 2.38. The molecule has 7 heterocycles. The van der Waals surface area contributed by atoms with Gasteiger partial charge in [-0.2, -0.15) is 0 Å². The Hall–Kier alpha value is -3.08. The number of hydrogen-bond acceptors (Lipinski definition) is 7. The number of benzene rings is 1. The zero-order chi connectivity index (χ0) is 59.6. The van der Waals surface area contributed by atoms with E-state index in [0.29, 0.717) is 11.8 Å². The summed E-state index contributed by atoms with van der Waals surface area (Å²) in [7, 11) is 0. The van der Waals surface area contributed by atoms with E-state index >= 15 is 9.59 Å². The quantitative estimate of drug-likeness (QED) is 0.0357. The van der Waals surface area contributed by atoms with Gasteiger partial charge >= 0.3 is 0 Å². The summed E-state index contributed by atoms with van der Waals surface area (Å²) in [6.45, 7) is 15.1. The molecule has 0 saturated heterocycles. The molecule has 2 aliphatic heterocycles. The van der Waals surface area contributed by atoms with Crippen LogP contribution in [0.3, 0.4) is 0 Å². The van der Waals surface area contributed by atoms with Crippen LogP contribution in [0.4, 0.5) is 11.4 Å². The van der Waals surface area contributed by atoms with E-state index in [1.165, 1.54) is 295 Å². The number of hydrogen-bond donors (Lipinski definition) is 0. The molecule has 2 atom stereocenters. The highest BCUT2D eigenvalue weighted by molar-refractivity contribution is 7.31. The third-order valence-electron chi connectivity index (χ3n) is 18.9. The van der Waals surface area contributed by atoms with E-state index in [2.05, 4.69) is 99.9 Å². The van der Waals surface area contributed by atoms with Gasteiger partial charge in [-0.25, -0.2) is 0 Å². The van der Waals surface area contributed by atoms with Gasteiger partial charge in [0.05, 0.1) is 22.5 Å². The van der Waals surface area contributed by atoms with Crippen molar-refractivity contribution in [1.82, 2.24) is 0 Å². The molecular formula is C76H112N2O2S5. The van der Waals surface area contributed by atoms with Crippen molar-refractivity contribution in [3.05, 3.63) is 78.5 Å². The molecule has 4 nitrogen and oxygen atoms in total. The van der Waals surface area contributed by atoms with Crippen LogP contribution in [-0.2, 0) is 9.59 Å². The predicted molar refractivity (Wildman–Crippen MR) is 382 cm³/mol. The molecule has 0 radical (unpaired) electrons. The van der Waals surface area contributed by atoms with E-state index in [-0.39, 0.29) is 11.8 Å². The van der Waals surface area contributed by atoms with Crippen molar-refractivity contribution in [2.24, 2.45) is 11.8 Å². The normalized spacial score (nSPS) is 14.2. The van der Waals surface area contributed by atoms with Crippen LogP contribution in [0.15, 0.2) is 48.5 Å². The summed E-state index contributed by atoms with van der Waals surface area (Å²) in [5.41, 5.74) is 3.75. The van der Waals surface area contributed by atoms with Gasteiger partial charge in [0.1, 0.15) is 0 Å². The predicted octanol–water partition coefficient (Wildman–Crippen LogP) is 24.6. The third kappa shape index (κ3) is 20.2. The molecule has 8 rings (SSSR count). The Morgan fingerprint density at radius 3 is 0.953 bits per heavy atom. The minimum absolute atomic E-state index is 0.158. The first kappa shape index (κ1) is 67.8. The Balaban J connectivity index is 1.13. The van der Waals surface area contributed by atoms with Crippen LogP contribution in [0.2, 0.25) is 0 Å². The maximum Gasteiger partial charge on any atom is 0.260 e. The summed E-state index contributed by atoms with van der Waals surface area (Å²) in [4.78, 5) is 43.5. The van der Waals surface area contributed by atoms with Crippen molar-refractivity contribution < 1.29 is 9.59 Å². The van der Waals surface area contributed by atoms with E-state index < -0.39 is 0 Å². The summed E-state index contributed by atoms with van der Waals surface area (Å²) >= 11 is 9.14. The molecule has 6 aromatic rings. The maximum absolute atomic E-state index is 15.9. The lowest BCUT2D eigenvalue weighted by molar-refractivity contribution is -0.114. The first-order valence-corrected chi connectivity index (χ1v) is 39.5. The molecule has 0 fully saturated rings. The SMILES string of the molecule is CCCCCCCCCCCCC(CCCCCCCCCC)CN1C(=O)C(c2cc3sc(C)cc3s2)=c2cc3c(cc21)=C(c1cc2sc(-c4ccc(C)s4)cc2s1)C(=O)N3CC(CCCCCCCCCC)CCCCCCCCCCCC. The van der Waals surface area contributed by atoms with E-state index in [1.807, 2.05) is 34.0 Å². The second-order valence-corrected chi connectivity index (χ2v) is 32.1. The summed E-state index contributed by atoms with van der Waals surface area (Å²) in [6.07, 6.45) is 52.5. The molecule has 1 aromatic carbocycles. The average Bonchev–Trinajstić information content (AvgIpc) is 1.78. The molecule has 5 aromatic heterocycles. The van der Waals surface area contributed by atoms with Crippen molar-refractivity contribution >= 4 is 110 Å². The van der Waals surface area contributed by atoms with Crippen molar-refractivity contribution in [2.45, 2.75) is 298 Å². The van der Waals surface area contributed by atoms with Crippen molar-refractivity contribution in [3.63, 3.8) is 0 Å². The van der Waals surface area contributed by atoms with Gasteiger partial charge in [-0.05, 0) is 99.9 Å². The first-order chi connectivity index (χ1) is 41.7. The lowest BCUT2D eigenvalue weighted by Crippen LogP contribution is -2.35. The first-order valence-electron chi connectivity index (χ1n) is 35.4. The summed E-state index contributed by atoms with van der Waals surface area (Å²) in [5, 5.41) is 2.07. The summed E-state index contributed by atoms with van der Waals surface area (Å²) in [6, 6.07) is 18.5. The summed E-state index contributed by atoms with van der Waals surface area (Å²) < 4.78 is 5.05. The van der Waals surface area contributed by atoms with Crippen LogP contribution in [0, 0.1) is 25.7 Å². The molecule has 468 valence electrons. The zero-order valence-corrected chi connectivity index (χ0v) is 58.3. The van der Waals surface area contributed by atoms with Crippen LogP contribution in [0.5, 0.6) is 0 Å². The second-order valence-electron chi connectivity index (χ2n) is 26.2. The number of carbonyl (C=O) groups is 2. The third-order valence-corrected chi connectivity index (χ3v) is 24.6. The minimum atomic E-state index is 0.158. The van der Waals surface area contributed by atoms with E-state index in [9.17, 15) is 0 Å². The molecule has 85 heavy (non-hydrogen) atoms. The van der Waals surface area contributed by atoms with Gasteiger partial charge in [0.15, 0.2) is 0 Å². The Bertz CT molecular complexity index is 2990. The van der Waals surface area contributed by atoms with Crippen molar-refractivity contribution in [1.29, 1.82) is 0 Å². The fraction of sp³-hybridized carbons (Fsp3) is 0.658. The van der Waals surface area contributed by atoms with Crippen molar-refractivity contribution in [2.75, 3.05) is 22.9 Å². The van der Waals surface area contributed by atoms with E-state index in [0.717, 1.165) is 55.8 Å². The number of unbranched alkanes of at least 4 members (excludes halogenated alkanes) is 32. The lowest BCUT2D eigenvalue weighted by Gasteiger charge is -2.27. The zero-order valence-electron chi connectivity index (χ0n) is 54.2. The monoisotopic (exact) mass is 1240 g/mol. The summed E-state index contributed by atoms with van der Waals surface area (Å²) in [5.74, 6) is 1.18. The number of carbonyl (C=O) groups excluding carboxylic acids is 2. The largest absolute Gasteiger partial charge is 0.307 e. The lowest BCUT2D eigenvalue weighted by atomic mass is 9.93. The topological polar surface area (TPSA) is 40.6 Å². The fourth-order valence-corrected chi connectivity index (χ4v) is 19.6. The Morgan fingerprint density at radius 2 is 0.624 bits per heavy atom. The van der Waals surface area contributed by atoms with Gasteiger partial charge in [-0.1, -0.05) is 259 Å². The molecule has 2 unspecified atom stereocenters. The molecule has 0 N–H and O–H groups in total. The number of nitrogens with zero attached hydrogens (tertiary/aromatic N) is 2. The fourth-order valence-electron chi connectivity index (χ4n) is 13.9. The van der Waals surface area contributed by atoms with E-state index in [4.69, 9.17) is 0 Å². The molecule has 9 heteroatoms. The number of anilines is 2. The van der Waals surface area contributed by atoms with E-state index in [1.54, 1.807) is 22.7 Å². The van der Waals surface area contributed by atoms with Crippen LogP contribution in [0.25, 0.3) is 39.7 Å². The number of thiophene rings is 5. The standard InChI is InChI=1S/C76H112N2O2S5/c1-7-11-15-19-23-27-29-33-37-41-45-59(43-39-35-31-25-21-17-13-9-3)55-77-63-51-62-64(50-61(63)73(75(77)79)71-53-68-66(84-71)49-58(6)82-68)78(76(80)74(62)72-54-70-69(85-72)52-67(83-70)65-48-47-57(5)81-65)56-60(44-40-36-32-26-22-18-14-10-4)46-42-38-34-30-28-24-20-16-12-8-2/h47-54,59-60H,7-46,55-56H2,1-6H3. The molecule has 0 aliphatic carbocycles. The molecule has 2 aliphatic rings. The number of fused-ring (bicyclic) bond motifs is 4. The van der Waals surface area contributed by atoms with Gasteiger partial charge in [0, 0.05) is 71.6 Å². The molecule has 0 spiro atoms. The van der Waals surface area contributed by atoms with Crippen LogP contribution in [-0.4, -0.2) is 24.9 Å². The second kappa shape index (κ2) is 37.2. The number of rotatable bonds is 47. The van der Waals surface area contributed by atoms with Crippen LogP contribution in [0.1, 0.15) is 304 Å². The van der Waals surface area contributed by atoms with Gasteiger partial charge in [-0.15, -0.1) is 56.7 Å². The van der Waals surface area contributed by atoms with Gasteiger partial charge in [0.25, 0.3) is 11.8 Å². The highest BCUT2D eigenvalue weighted by atomic mass is 32.1.